The number of hydrogen-bond donors (Lipinski definition) is 0. The van der Waals surface area contributed by atoms with Gasteiger partial charge < -0.3 is 9.80 Å². The summed E-state index contributed by atoms with van der Waals surface area (Å²) < 4.78 is 0. The molecule has 3 atom stereocenters. The van der Waals surface area contributed by atoms with Gasteiger partial charge in [0.15, 0.2) is 0 Å². The highest BCUT2D eigenvalue weighted by atomic mass is 15.2. The molecule has 2 heteroatoms. The maximum Gasteiger partial charge on any atom is 0.0552 e. The van der Waals surface area contributed by atoms with Crippen LogP contribution < -0.4 is 9.80 Å². The van der Waals surface area contributed by atoms with Gasteiger partial charge in [-0.1, -0.05) is 123 Å². The molecule has 2 aliphatic heterocycles. The van der Waals surface area contributed by atoms with Crippen molar-refractivity contribution in [2.24, 2.45) is 5.92 Å². The lowest BCUT2D eigenvalue weighted by Crippen LogP contribution is -2.27. The Balaban J connectivity index is 1.09. The number of nitrogens with zero attached hydrogens (tertiary/aromatic N) is 2. The molecule has 1 aliphatic carbocycles. The van der Waals surface area contributed by atoms with Crippen molar-refractivity contribution < 1.29 is 0 Å². The second kappa shape index (κ2) is 13.8. The van der Waals surface area contributed by atoms with E-state index in [1.165, 1.54) is 109 Å². The number of allylic oxidation sites excluding steroid dienone is 2. The third-order valence-corrected chi connectivity index (χ3v) is 11.8. The second-order valence-corrected chi connectivity index (χ2v) is 14.7. The Morgan fingerprint density at radius 2 is 1.15 bits per heavy atom. The molecular formula is C46H52N2. The summed E-state index contributed by atoms with van der Waals surface area (Å²) >= 11 is 0. The van der Waals surface area contributed by atoms with Crippen LogP contribution in [0.2, 0.25) is 0 Å². The van der Waals surface area contributed by atoms with Gasteiger partial charge in [0.2, 0.25) is 0 Å². The Kier molecular flexibility index (Phi) is 9.00. The Morgan fingerprint density at radius 1 is 0.583 bits per heavy atom. The first kappa shape index (κ1) is 31.2. The van der Waals surface area contributed by atoms with Crippen LogP contribution in [0.25, 0.3) is 27.1 Å². The molecule has 0 aromatic heterocycles. The van der Waals surface area contributed by atoms with Gasteiger partial charge in [0.05, 0.1) is 12.1 Å². The molecule has 5 aromatic rings. The van der Waals surface area contributed by atoms with Crippen LogP contribution in [0.15, 0.2) is 109 Å². The van der Waals surface area contributed by atoms with E-state index < -0.39 is 0 Å². The maximum atomic E-state index is 2.76. The van der Waals surface area contributed by atoms with E-state index in [4.69, 9.17) is 0 Å². The number of benzene rings is 5. The van der Waals surface area contributed by atoms with Crippen molar-refractivity contribution in [1.82, 2.24) is 0 Å². The van der Waals surface area contributed by atoms with Gasteiger partial charge in [-0.05, 0) is 109 Å². The van der Waals surface area contributed by atoms with E-state index in [0.717, 1.165) is 13.1 Å². The summed E-state index contributed by atoms with van der Waals surface area (Å²) in [6.07, 6.45) is 13.7. The van der Waals surface area contributed by atoms with Crippen LogP contribution in [0.1, 0.15) is 113 Å². The lowest BCUT2D eigenvalue weighted by molar-refractivity contribution is 0.450. The Morgan fingerprint density at radius 3 is 1.73 bits per heavy atom. The molecule has 0 saturated carbocycles. The number of anilines is 2. The van der Waals surface area contributed by atoms with Crippen LogP contribution in [0.3, 0.4) is 0 Å². The summed E-state index contributed by atoms with van der Waals surface area (Å²) in [7, 11) is 0. The highest BCUT2D eigenvalue weighted by molar-refractivity contribution is 6.01. The lowest BCUT2D eigenvalue weighted by Gasteiger charge is -2.34. The quantitative estimate of drug-likeness (QED) is 0.127. The fraction of sp³-hybridized carbons (Fsp3) is 0.391. The molecule has 0 amide bonds. The van der Waals surface area contributed by atoms with Crippen LogP contribution in [-0.4, -0.2) is 13.1 Å². The zero-order valence-electron chi connectivity index (χ0n) is 29.1. The maximum absolute atomic E-state index is 2.76. The predicted octanol–water partition coefficient (Wildman–Crippen LogP) is 12.8. The summed E-state index contributed by atoms with van der Waals surface area (Å²) in [6, 6.07) is 40.3. The first-order valence-electron chi connectivity index (χ1n) is 19.1. The molecule has 8 rings (SSSR count). The first-order valence-corrected chi connectivity index (χ1v) is 19.1. The van der Waals surface area contributed by atoms with Crippen molar-refractivity contribution in [3.8, 4) is 0 Å². The second-order valence-electron chi connectivity index (χ2n) is 14.7. The molecule has 3 aliphatic rings. The minimum atomic E-state index is 0.465. The largest absolute Gasteiger partial charge is 0.364 e. The summed E-state index contributed by atoms with van der Waals surface area (Å²) in [5.74, 6) is 0.618. The van der Waals surface area contributed by atoms with Crippen molar-refractivity contribution in [2.75, 3.05) is 22.9 Å². The first-order chi connectivity index (χ1) is 23.8. The van der Waals surface area contributed by atoms with Crippen LogP contribution >= 0.6 is 0 Å². The monoisotopic (exact) mass is 632 g/mol. The van der Waals surface area contributed by atoms with Crippen LogP contribution in [0.5, 0.6) is 0 Å². The van der Waals surface area contributed by atoms with Gasteiger partial charge in [-0.25, -0.2) is 0 Å². The van der Waals surface area contributed by atoms with Gasteiger partial charge >= 0.3 is 0 Å². The summed E-state index contributed by atoms with van der Waals surface area (Å²) in [6.45, 7) is 6.95. The van der Waals surface area contributed by atoms with Crippen LogP contribution in [-0.2, 0) is 0 Å². The Labute approximate surface area is 288 Å². The fourth-order valence-corrected chi connectivity index (χ4v) is 9.64. The van der Waals surface area contributed by atoms with Crippen molar-refractivity contribution in [3.63, 3.8) is 0 Å². The number of unbranched alkanes of at least 4 members (excludes halogenated alkanes) is 2. The van der Waals surface area contributed by atoms with Crippen molar-refractivity contribution >= 4 is 38.5 Å². The molecule has 2 nitrogen and oxygen atoms in total. The summed E-state index contributed by atoms with van der Waals surface area (Å²) in [5, 5.41) is 5.80. The topological polar surface area (TPSA) is 6.48 Å². The van der Waals surface area contributed by atoms with Gasteiger partial charge in [-0.15, -0.1) is 0 Å². The minimum absolute atomic E-state index is 0.465. The molecular weight excluding hydrogens is 581 g/mol. The van der Waals surface area contributed by atoms with E-state index in [-0.39, 0.29) is 0 Å². The smallest absolute Gasteiger partial charge is 0.0552 e. The number of hydrogen-bond acceptors (Lipinski definition) is 2. The van der Waals surface area contributed by atoms with E-state index in [2.05, 4.69) is 127 Å². The molecule has 5 aromatic carbocycles. The van der Waals surface area contributed by atoms with Gasteiger partial charge in [0, 0.05) is 35.2 Å². The third kappa shape index (κ3) is 5.62. The lowest BCUT2D eigenvalue weighted by atomic mass is 9.75. The molecule has 0 radical (unpaired) electrons. The van der Waals surface area contributed by atoms with Gasteiger partial charge in [-0.2, -0.15) is 0 Å². The van der Waals surface area contributed by atoms with Gasteiger partial charge in [-0.3, -0.25) is 0 Å². The zero-order chi connectivity index (χ0) is 32.5. The fourth-order valence-electron chi connectivity index (χ4n) is 9.64. The summed E-state index contributed by atoms with van der Waals surface area (Å²) in [4.78, 5) is 5.52. The molecule has 0 spiro atoms. The van der Waals surface area contributed by atoms with E-state index in [9.17, 15) is 0 Å². The van der Waals surface area contributed by atoms with Crippen LogP contribution in [0, 0.1) is 5.92 Å². The van der Waals surface area contributed by atoms with Crippen molar-refractivity contribution in [2.45, 2.75) is 96.6 Å². The highest BCUT2D eigenvalue weighted by Gasteiger charge is 2.34. The third-order valence-electron chi connectivity index (χ3n) is 11.8. The Bertz CT molecular complexity index is 1910. The molecule has 3 unspecified atom stereocenters. The van der Waals surface area contributed by atoms with Gasteiger partial charge in [0.1, 0.15) is 0 Å². The van der Waals surface area contributed by atoms with Gasteiger partial charge in [0.25, 0.3) is 0 Å². The molecule has 0 bridgehead atoms. The average molecular weight is 633 g/mol. The van der Waals surface area contributed by atoms with Crippen molar-refractivity contribution in [3.05, 3.63) is 125 Å². The molecule has 2 heterocycles. The highest BCUT2D eigenvalue weighted by Crippen LogP contribution is 2.50. The standard InChI is InChI=1S/C46H52N2/c1-3-5-31-47-40(38-23-11-19-34-21-13-25-42(47)45(34)38)29-27-36-17-10-18-37(44(36)33-15-8-7-9-16-33)28-30-41-39-24-12-20-35-22-14-26-43(46(35)39)48(41)32-6-4-2/h7-9,11-16,19-26,36,40-41H,3-6,10,17-18,27-32H2,1-2H3. The summed E-state index contributed by atoms with van der Waals surface area (Å²) in [5.41, 5.74) is 10.9. The van der Waals surface area contributed by atoms with Crippen LogP contribution in [0.4, 0.5) is 11.4 Å². The normalized spacial score (nSPS) is 20.1. The molecule has 48 heavy (non-hydrogen) atoms. The van der Waals surface area contributed by atoms with E-state index >= 15 is 0 Å². The number of rotatable bonds is 13. The van der Waals surface area contributed by atoms with E-state index in [1.54, 1.807) is 22.3 Å². The van der Waals surface area contributed by atoms with E-state index in [1.807, 2.05) is 0 Å². The van der Waals surface area contributed by atoms with E-state index in [0.29, 0.717) is 18.0 Å². The Hall–Kier alpha value is -4.04. The minimum Gasteiger partial charge on any atom is -0.364 e. The zero-order valence-corrected chi connectivity index (χ0v) is 29.1. The molecule has 0 N–H and O–H groups in total. The predicted molar refractivity (Wildman–Crippen MR) is 207 cm³/mol. The average Bonchev–Trinajstić information content (AvgIpc) is 3.61. The molecule has 0 fully saturated rings. The van der Waals surface area contributed by atoms with Crippen molar-refractivity contribution in [1.29, 1.82) is 0 Å². The molecule has 0 saturated heterocycles. The molecule has 246 valence electrons. The SMILES string of the molecule is CCCCN1c2cccc3cccc(c23)C1CCC1=C(c2ccccc2)C(CCC2c3cccc4cccc(c34)N2CCCC)CCC1.